The molecule has 0 bridgehead atoms. The van der Waals surface area contributed by atoms with Crippen LogP contribution in [0.25, 0.3) is 11.3 Å². The largest absolute Gasteiger partial charge is 0.355 e. The SMILES string of the molecule is O=S(=O)(Nc1ccc(-c2ccc(N3CCCC3)nn2)cc1)c1cccc(Cl)c1Cl. The first-order valence-corrected chi connectivity index (χ1v) is 11.3. The average molecular weight is 449 g/mol. The van der Waals surface area contributed by atoms with E-state index in [4.69, 9.17) is 23.2 Å². The molecule has 1 aliphatic heterocycles. The second-order valence-electron chi connectivity index (χ2n) is 6.71. The van der Waals surface area contributed by atoms with Crippen molar-refractivity contribution in [3.63, 3.8) is 0 Å². The first-order chi connectivity index (χ1) is 13.9. The molecular formula is C20H18Cl2N4O2S. The molecule has 150 valence electrons. The normalized spacial score (nSPS) is 14.2. The van der Waals surface area contributed by atoms with Gasteiger partial charge in [0.15, 0.2) is 5.82 Å². The molecule has 3 aromatic rings. The zero-order chi connectivity index (χ0) is 20.4. The molecule has 1 aromatic heterocycles. The second kappa shape index (κ2) is 8.18. The molecule has 29 heavy (non-hydrogen) atoms. The third-order valence-corrected chi connectivity index (χ3v) is 7.07. The van der Waals surface area contributed by atoms with E-state index in [0.29, 0.717) is 5.69 Å². The van der Waals surface area contributed by atoms with Gasteiger partial charge >= 0.3 is 0 Å². The summed E-state index contributed by atoms with van der Waals surface area (Å²) in [5.74, 6) is 0.883. The van der Waals surface area contributed by atoms with Crippen LogP contribution in [-0.4, -0.2) is 31.7 Å². The van der Waals surface area contributed by atoms with Gasteiger partial charge in [-0.05, 0) is 49.2 Å². The van der Waals surface area contributed by atoms with Crippen LogP contribution in [0.4, 0.5) is 11.5 Å². The summed E-state index contributed by atoms with van der Waals surface area (Å²) in [5.41, 5.74) is 1.97. The van der Waals surface area contributed by atoms with E-state index in [1.165, 1.54) is 31.0 Å². The maximum Gasteiger partial charge on any atom is 0.263 e. The van der Waals surface area contributed by atoms with Crippen LogP contribution in [0.2, 0.25) is 10.0 Å². The van der Waals surface area contributed by atoms with Crippen LogP contribution in [0.15, 0.2) is 59.5 Å². The highest BCUT2D eigenvalue weighted by molar-refractivity contribution is 7.92. The number of halogens is 2. The van der Waals surface area contributed by atoms with Gasteiger partial charge < -0.3 is 4.90 Å². The van der Waals surface area contributed by atoms with Crippen molar-refractivity contribution in [3.05, 3.63) is 64.6 Å². The van der Waals surface area contributed by atoms with Gasteiger partial charge in [0.05, 0.1) is 15.7 Å². The van der Waals surface area contributed by atoms with Crippen molar-refractivity contribution in [1.29, 1.82) is 0 Å². The molecule has 1 N–H and O–H groups in total. The predicted octanol–water partition coefficient (Wildman–Crippen LogP) is 4.85. The maximum absolute atomic E-state index is 12.6. The summed E-state index contributed by atoms with van der Waals surface area (Å²) >= 11 is 12.0. The standard InChI is InChI=1S/C20H18Cl2N4O2S/c21-16-4-3-5-18(20(16)22)29(27,28)25-15-8-6-14(7-9-15)17-10-11-19(24-23-17)26-12-1-2-13-26/h3-11,25H,1-2,12-13H2. The Kier molecular flexibility index (Phi) is 5.63. The minimum Gasteiger partial charge on any atom is -0.355 e. The van der Waals surface area contributed by atoms with Crippen molar-refractivity contribution >= 4 is 44.7 Å². The van der Waals surface area contributed by atoms with Gasteiger partial charge in [-0.25, -0.2) is 8.42 Å². The molecule has 0 amide bonds. The molecule has 1 saturated heterocycles. The van der Waals surface area contributed by atoms with Gasteiger partial charge in [0.2, 0.25) is 0 Å². The number of rotatable bonds is 5. The molecular weight excluding hydrogens is 431 g/mol. The van der Waals surface area contributed by atoms with E-state index in [1.807, 2.05) is 12.1 Å². The predicted molar refractivity (Wildman–Crippen MR) is 116 cm³/mol. The lowest BCUT2D eigenvalue weighted by molar-refractivity contribution is 0.601. The van der Waals surface area contributed by atoms with Crippen LogP contribution < -0.4 is 9.62 Å². The van der Waals surface area contributed by atoms with Crippen LogP contribution >= 0.6 is 23.2 Å². The van der Waals surface area contributed by atoms with Crippen molar-refractivity contribution in [2.45, 2.75) is 17.7 Å². The van der Waals surface area contributed by atoms with Gasteiger partial charge in [-0.15, -0.1) is 10.2 Å². The van der Waals surface area contributed by atoms with Gasteiger partial charge in [0, 0.05) is 24.3 Å². The van der Waals surface area contributed by atoms with Crippen molar-refractivity contribution in [1.82, 2.24) is 10.2 Å². The third-order valence-electron chi connectivity index (χ3n) is 4.72. The fraction of sp³-hybridized carbons (Fsp3) is 0.200. The molecule has 0 radical (unpaired) electrons. The van der Waals surface area contributed by atoms with Gasteiger partial charge in [-0.1, -0.05) is 41.4 Å². The lowest BCUT2D eigenvalue weighted by Gasteiger charge is -2.15. The Morgan fingerprint density at radius 2 is 1.62 bits per heavy atom. The number of benzene rings is 2. The van der Waals surface area contributed by atoms with E-state index >= 15 is 0 Å². The van der Waals surface area contributed by atoms with Gasteiger partial charge in [-0.2, -0.15) is 0 Å². The fourth-order valence-corrected chi connectivity index (χ4v) is 5.03. The molecule has 0 atom stereocenters. The Balaban J connectivity index is 1.51. The Labute approximate surface area is 179 Å². The number of anilines is 2. The van der Waals surface area contributed by atoms with Crippen LogP contribution in [0.5, 0.6) is 0 Å². The molecule has 6 nitrogen and oxygen atoms in total. The summed E-state index contributed by atoms with van der Waals surface area (Å²) in [6.45, 7) is 2.03. The van der Waals surface area contributed by atoms with E-state index in [1.54, 1.807) is 24.3 Å². The summed E-state index contributed by atoms with van der Waals surface area (Å²) in [6, 6.07) is 15.3. The first kappa shape index (κ1) is 19.9. The monoisotopic (exact) mass is 448 g/mol. The van der Waals surface area contributed by atoms with Gasteiger partial charge in [0.25, 0.3) is 10.0 Å². The van der Waals surface area contributed by atoms with E-state index in [9.17, 15) is 8.42 Å². The van der Waals surface area contributed by atoms with Crippen molar-refractivity contribution < 1.29 is 8.42 Å². The van der Waals surface area contributed by atoms with E-state index in [0.717, 1.165) is 30.2 Å². The Morgan fingerprint density at radius 1 is 0.897 bits per heavy atom. The summed E-state index contributed by atoms with van der Waals surface area (Å²) < 4.78 is 27.7. The Bertz CT molecular complexity index is 1110. The molecule has 0 saturated carbocycles. The summed E-state index contributed by atoms with van der Waals surface area (Å²) in [4.78, 5) is 2.15. The summed E-state index contributed by atoms with van der Waals surface area (Å²) in [6.07, 6.45) is 2.36. The zero-order valence-electron chi connectivity index (χ0n) is 15.3. The van der Waals surface area contributed by atoms with Crippen LogP contribution in [0.1, 0.15) is 12.8 Å². The number of nitrogens with one attached hydrogen (secondary N) is 1. The van der Waals surface area contributed by atoms with E-state index < -0.39 is 10.0 Å². The molecule has 9 heteroatoms. The van der Waals surface area contributed by atoms with Gasteiger partial charge in [-0.3, -0.25) is 4.72 Å². The summed E-state index contributed by atoms with van der Waals surface area (Å²) in [7, 11) is -3.86. The van der Waals surface area contributed by atoms with E-state index in [2.05, 4.69) is 19.8 Å². The molecule has 0 spiro atoms. The Hall–Kier alpha value is -2.35. The molecule has 2 heterocycles. The lowest BCUT2D eigenvalue weighted by atomic mass is 10.1. The highest BCUT2D eigenvalue weighted by Gasteiger charge is 2.20. The minimum atomic E-state index is -3.86. The Morgan fingerprint density at radius 3 is 2.28 bits per heavy atom. The molecule has 2 aromatic carbocycles. The fourth-order valence-electron chi connectivity index (χ4n) is 3.20. The molecule has 4 rings (SSSR count). The number of hydrogen-bond acceptors (Lipinski definition) is 5. The van der Waals surface area contributed by atoms with Crippen molar-refractivity contribution in [2.75, 3.05) is 22.7 Å². The van der Waals surface area contributed by atoms with Crippen LogP contribution in [0, 0.1) is 0 Å². The highest BCUT2D eigenvalue weighted by Crippen LogP contribution is 2.30. The van der Waals surface area contributed by atoms with Crippen LogP contribution in [-0.2, 0) is 10.0 Å². The number of hydrogen-bond donors (Lipinski definition) is 1. The minimum absolute atomic E-state index is 0.00773. The molecule has 1 fully saturated rings. The smallest absolute Gasteiger partial charge is 0.263 e. The van der Waals surface area contributed by atoms with Crippen LogP contribution in [0.3, 0.4) is 0 Å². The number of nitrogens with zero attached hydrogens (tertiary/aromatic N) is 3. The molecule has 0 unspecified atom stereocenters. The molecule has 1 aliphatic rings. The molecule has 0 aliphatic carbocycles. The zero-order valence-corrected chi connectivity index (χ0v) is 17.7. The highest BCUT2D eigenvalue weighted by atomic mass is 35.5. The number of sulfonamides is 1. The van der Waals surface area contributed by atoms with Crippen molar-refractivity contribution in [3.8, 4) is 11.3 Å². The quantitative estimate of drug-likeness (QED) is 0.603. The maximum atomic E-state index is 12.6. The summed E-state index contributed by atoms with van der Waals surface area (Å²) in [5, 5.41) is 8.79. The van der Waals surface area contributed by atoms with Gasteiger partial charge in [0.1, 0.15) is 4.90 Å². The first-order valence-electron chi connectivity index (χ1n) is 9.10. The third kappa shape index (κ3) is 4.32. The van der Waals surface area contributed by atoms with Crippen molar-refractivity contribution in [2.24, 2.45) is 0 Å². The lowest BCUT2D eigenvalue weighted by Crippen LogP contribution is -2.19. The topological polar surface area (TPSA) is 75.2 Å². The van der Waals surface area contributed by atoms with E-state index in [-0.39, 0.29) is 14.9 Å². The second-order valence-corrected chi connectivity index (χ2v) is 9.14. The average Bonchev–Trinajstić information content (AvgIpc) is 3.25. The number of aromatic nitrogens is 2.